The van der Waals surface area contributed by atoms with Crippen LogP contribution in [0.5, 0.6) is 0 Å². The van der Waals surface area contributed by atoms with Gasteiger partial charge in [-0.2, -0.15) is 0 Å². The fourth-order valence-electron chi connectivity index (χ4n) is 1.75. The molecule has 0 unspecified atom stereocenters. The van der Waals surface area contributed by atoms with E-state index in [0.717, 1.165) is 12.1 Å². The number of anilines is 1. The van der Waals surface area contributed by atoms with Gasteiger partial charge in [-0.25, -0.2) is 8.78 Å². The van der Waals surface area contributed by atoms with E-state index in [9.17, 15) is 13.6 Å². The molecule has 0 fully saturated rings. The molecule has 0 radical (unpaired) electrons. The lowest BCUT2D eigenvalue weighted by atomic mass is 10.1. The molecule has 0 aliphatic carbocycles. The van der Waals surface area contributed by atoms with Crippen molar-refractivity contribution in [3.05, 3.63) is 29.3 Å². The van der Waals surface area contributed by atoms with Gasteiger partial charge in [0.25, 0.3) is 0 Å². The van der Waals surface area contributed by atoms with Crippen molar-refractivity contribution < 1.29 is 13.6 Å². The minimum Gasteiger partial charge on any atom is -0.322 e. The Labute approximate surface area is 97.6 Å². The van der Waals surface area contributed by atoms with Gasteiger partial charge in [-0.3, -0.25) is 4.79 Å². The number of nitrogens with two attached hydrogens (primary N) is 1. The molecule has 2 rings (SSSR count). The van der Waals surface area contributed by atoms with Crippen LogP contribution in [-0.4, -0.2) is 19.0 Å². The maximum atomic E-state index is 13.0. The minimum absolute atomic E-state index is 0. The molecule has 6 heteroatoms. The third-order valence-corrected chi connectivity index (χ3v) is 2.49. The summed E-state index contributed by atoms with van der Waals surface area (Å²) < 4.78 is 25.9. The minimum atomic E-state index is -0.939. The fraction of sp³-hybridized carbons (Fsp3) is 0.300. The average molecular weight is 249 g/mol. The molecule has 2 N–H and O–H groups in total. The number of hydrogen-bond acceptors (Lipinski definition) is 2. The van der Waals surface area contributed by atoms with Gasteiger partial charge in [-0.1, -0.05) is 0 Å². The molecule has 16 heavy (non-hydrogen) atoms. The predicted octanol–water partition coefficient (Wildman–Crippen LogP) is 1.23. The second-order valence-electron chi connectivity index (χ2n) is 3.39. The lowest BCUT2D eigenvalue weighted by molar-refractivity contribution is -0.117. The molecular weight excluding hydrogens is 238 g/mol. The van der Waals surface area contributed by atoms with Crippen LogP contribution in [0.15, 0.2) is 12.1 Å². The van der Waals surface area contributed by atoms with E-state index in [0.29, 0.717) is 24.2 Å². The molecule has 0 aromatic heterocycles. The number of carbonyl (C=O) groups excluding carboxylic acids is 1. The fourth-order valence-corrected chi connectivity index (χ4v) is 1.75. The third kappa shape index (κ3) is 2.01. The molecule has 1 heterocycles. The maximum absolute atomic E-state index is 13.0. The molecule has 1 aliphatic rings. The van der Waals surface area contributed by atoms with Gasteiger partial charge in [0, 0.05) is 12.6 Å². The number of halogens is 3. The van der Waals surface area contributed by atoms with E-state index < -0.39 is 11.6 Å². The Balaban J connectivity index is 0.00000128. The van der Waals surface area contributed by atoms with Crippen molar-refractivity contribution >= 4 is 24.0 Å². The van der Waals surface area contributed by atoms with E-state index in [1.165, 1.54) is 4.90 Å². The predicted molar refractivity (Wildman–Crippen MR) is 58.7 cm³/mol. The monoisotopic (exact) mass is 248 g/mol. The Morgan fingerprint density at radius 3 is 2.62 bits per heavy atom. The highest BCUT2D eigenvalue weighted by molar-refractivity contribution is 5.96. The van der Waals surface area contributed by atoms with Gasteiger partial charge in [0.1, 0.15) is 0 Å². The summed E-state index contributed by atoms with van der Waals surface area (Å²) in [5, 5.41) is 0. The molecule has 0 saturated carbocycles. The SMILES string of the molecule is Cl.NCC(=O)N1CCc2cc(F)c(F)cc21. The summed E-state index contributed by atoms with van der Waals surface area (Å²) >= 11 is 0. The first-order valence-electron chi connectivity index (χ1n) is 4.62. The van der Waals surface area contributed by atoms with E-state index in [4.69, 9.17) is 5.73 Å². The average Bonchev–Trinajstić information content (AvgIpc) is 2.61. The molecule has 3 nitrogen and oxygen atoms in total. The van der Waals surface area contributed by atoms with Crippen LogP contribution in [0.3, 0.4) is 0 Å². The largest absolute Gasteiger partial charge is 0.322 e. The van der Waals surface area contributed by atoms with Crippen molar-refractivity contribution in [2.24, 2.45) is 5.73 Å². The maximum Gasteiger partial charge on any atom is 0.240 e. The molecule has 0 saturated heterocycles. The Hall–Kier alpha value is -1.20. The van der Waals surface area contributed by atoms with Crippen LogP contribution in [0.1, 0.15) is 5.56 Å². The van der Waals surface area contributed by atoms with Crippen molar-refractivity contribution in [3.8, 4) is 0 Å². The van der Waals surface area contributed by atoms with Gasteiger partial charge in [0.05, 0.1) is 12.2 Å². The second kappa shape index (κ2) is 4.76. The van der Waals surface area contributed by atoms with E-state index in [1.54, 1.807) is 0 Å². The van der Waals surface area contributed by atoms with Crippen molar-refractivity contribution in [2.75, 3.05) is 18.0 Å². The van der Waals surface area contributed by atoms with Gasteiger partial charge < -0.3 is 10.6 Å². The summed E-state index contributed by atoms with van der Waals surface area (Å²) in [6.07, 6.45) is 0.540. The van der Waals surface area contributed by atoms with Crippen LogP contribution in [0.4, 0.5) is 14.5 Å². The Kier molecular flexibility index (Phi) is 3.83. The highest BCUT2D eigenvalue weighted by Crippen LogP contribution is 2.29. The van der Waals surface area contributed by atoms with Crippen LogP contribution in [0.2, 0.25) is 0 Å². The van der Waals surface area contributed by atoms with Crippen molar-refractivity contribution in [3.63, 3.8) is 0 Å². The van der Waals surface area contributed by atoms with Crippen molar-refractivity contribution in [1.29, 1.82) is 0 Å². The number of benzene rings is 1. The van der Waals surface area contributed by atoms with Crippen LogP contribution in [-0.2, 0) is 11.2 Å². The quantitative estimate of drug-likeness (QED) is 0.813. The van der Waals surface area contributed by atoms with Gasteiger partial charge in [-0.15, -0.1) is 12.4 Å². The van der Waals surface area contributed by atoms with Crippen LogP contribution in [0.25, 0.3) is 0 Å². The zero-order chi connectivity index (χ0) is 11.0. The molecule has 88 valence electrons. The first-order chi connectivity index (χ1) is 7.13. The topological polar surface area (TPSA) is 46.3 Å². The summed E-state index contributed by atoms with van der Waals surface area (Å²) in [6, 6.07) is 2.18. The summed E-state index contributed by atoms with van der Waals surface area (Å²) in [5.74, 6) is -2.10. The van der Waals surface area contributed by atoms with Crippen molar-refractivity contribution in [2.45, 2.75) is 6.42 Å². The number of hydrogen-bond donors (Lipinski definition) is 1. The van der Waals surface area contributed by atoms with Gasteiger partial charge >= 0.3 is 0 Å². The van der Waals surface area contributed by atoms with Crippen molar-refractivity contribution in [1.82, 2.24) is 0 Å². The molecule has 1 aromatic rings. The highest BCUT2D eigenvalue weighted by Gasteiger charge is 2.25. The van der Waals surface area contributed by atoms with Crippen LogP contribution < -0.4 is 10.6 Å². The number of rotatable bonds is 1. The Morgan fingerprint density at radius 1 is 1.38 bits per heavy atom. The van der Waals surface area contributed by atoms with Gasteiger partial charge in [-0.05, 0) is 18.1 Å². The molecular formula is C10H11ClF2N2O. The first kappa shape index (κ1) is 12.9. The summed E-state index contributed by atoms with van der Waals surface area (Å²) in [5.41, 5.74) is 6.30. The molecule has 0 spiro atoms. The normalized spacial score (nSPS) is 13.3. The number of carbonyl (C=O) groups is 1. The highest BCUT2D eigenvalue weighted by atomic mass is 35.5. The van der Waals surface area contributed by atoms with Gasteiger partial charge in [0.2, 0.25) is 5.91 Å². The van der Waals surface area contributed by atoms with Gasteiger partial charge in [0.15, 0.2) is 11.6 Å². The lowest BCUT2D eigenvalue weighted by Crippen LogP contribution is -2.34. The summed E-state index contributed by atoms with van der Waals surface area (Å²) in [6.45, 7) is 0.312. The Bertz CT molecular complexity index is 426. The molecule has 0 atom stereocenters. The summed E-state index contributed by atoms with van der Waals surface area (Å²) in [4.78, 5) is 12.7. The standard InChI is InChI=1S/C10H10F2N2O.ClH/c11-7-3-6-1-2-14(10(15)5-13)9(6)4-8(7)12;/h3-4H,1-2,5,13H2;1H. The number of amides is 1. The number of fused-ring (bicyclic) bond motifs is 1. The van der Waals surface area contributed by atoms with E-state index in [2.05, 4.69) is 0 Å². The van der Waals surface area contributed by atoms with E-state index in [-0.39, 0.29) is 24.9 Å². The van der Waals surface area contributed by atoms with Crippen LogP contribution in [0, 0.1) is 11.6 Å². The van der Waals surface area contributed by atoms with E-state index >= 15 is 0 Å². The third-order valence-electron chi connectivity index (χ3n) is 2.49. The number of nitrogens with zero attached hydrogens (tertiary/aromatic N) is 1. The second-order valence-corrected chi connectivity index (χ2v) is 3.39. The molecule has 1 amide bonds. The molecule has 1 aromatic carbocycles. The summed E-state index contributed by atoms with van der Waals surface area (Å²) in [7, 11) is 0. The Morgan fingerprint density at radius 2 is 2.00 bits per heavy atom. The lowest BCUT2D eigenvalue weighted by Gasteiger charge is -2.16. The molecule has 1 aliphatic heterocycles. The smallest absolute Gasteiger partial charge is 0.240 e. The first-order valence-corrected chi connectivity index (χ1v) is 4.62. The van der Waals surface area contributed by atoms with E-state index in [1.807, 2.05) is 0 Å². The zero-order valence-electron chi connectivity index (χ0n) is 8.37. The van der Waals surface area contributed by atoms with Crippen LogP contribution >= 0.6 is 12.4 Å². The molecule has 0 bridgehead atoms. The zero-order valence-corrected chi connectivity index (χ0v) is 9.19.